The Kier molecular flexibility index (Phi) is 4.89. The molecular weight excluding hydrogens is 276 g/mol. The lowest BCUT2D eigenvalue weighted by Crippen LogP contribution is -2.37. The number of carbonyl (C=O) groups excluding carboxylic acids is 2. The van der Waals surface area contributed by atoms with Crippen molar-refractivity contribution in [3.63, 3.8) is 0 Å². The summed E-state index contributed by atoms with van der Waals surface area (Å²) in [5.74, 6) is -0.239. The predicted molar refractivity (Wildman–Crippen MR) is 88.7 cm³/mol. The molecule has 1 atom stereocenters. The van der Waals surface area contributed by atoms with Crippen molar-refractivity contribution in [3.8, 4) is 0 Å². The quantitative estimate of drug-likeness (QED) is 0.929. The number of rotatable bonds is 4. The second-order valence-electron chi connectivity index (χ2n) is 7.20. The maximum atomic E-state index is 12.2. The summed E-state index contributed by atoms with van der Waals surface area (Å²) in [6, 6.07) is 8.00. The van der Waals surface area contributed by atoms with Gasteiger partial charge in [0.25, 0.3) is 0 Å². The van der Waals surface area contributed by atoms with Gasteiger partial charge in [0.1, 0.15) is 0 Å². The van der Waals surface area contributed by atoms with E-state index in [0.29, 0.717) is 19.5 Å². The molecule has 0 radical (unpaired) electrons. The Hall–Kier alpha value is -1.84. The summed E-state index contributed by atoms with van der Waals surface area (Å²) in [5.41, 5.74) is 2.18. The minimum absolute atomic E-state index is 0.0176. The molecule has 1 unspecified atom stereocenters. The molecule has 22 heavy (non-hydrogen) atoms. The number of anilines is 1. The van der Waals surface area contributed by atoms with Crippen LogP contribution in [0.3, 0.4) is 0 Å². The average molecular weight is 302 g/mol. The van der Waals surface area contributed by atoms with Gasteiger partial charge in [-0.25, -0.2) is 0 Å². The number of nitrogens with one attached hydrogen (secondary N) is 1. The van der Waals surface area contributed by atoms with E-state index in [2.05, 4.69) is 33.0 Å². The maximum Gasteiger partial charge on any atom is 0.227 e. The second-order valence-corrected chi connectivity index (χ2v) is 7.20. The Bertz CT molecular complexity index is 543. The fraction of sp³-hybridized carbons (Fsp3) is 0.556. The molecule has 0 spiro atoms. The summed E-state index contributed by atoms with van der Waals surface area (Å²) in [4.78, 5) is 26.1. The van der Waals surface area contributed by atoms with Gasteiger partial charge in [-0.3, -0.25) is 9.59 Å². The van der Waals surface area contributed by atoms with E-state index in [1.54, 1.807) is 4.90 Å². The van der Waals surface area contributed by atoms with Crippen LogP contribution in [0.5, 0.6) is 0 Å². The molecule has 2 amide bonds. The van der Waals surface area contributed by atoms with E-state index >= 15 is 0 Å². The normalized spacial score (nSPS) is 18.6. The molecule has 1 fully saturated rings. The van der Waals surface area contributed by atoms with Crippen LogP contribution in [0.25, 0.3) is 0 Å². The summed E-state index contributed by atoms with van der Waals surface area (Å²) in [6.45, 7) is 9.44. The second kappa shape index (κ2) is 6.51. The first-order chi connectivity index (χ1) is 10.3. The SMILES string of the molecule is CCc1ccc(N2CC(C(=O)NCC(C)(C)C)CC2=O)cc1. The van der Waals surface area contributed by atoms with E-state index in [1.165, 1.54) is 5.56 Å². The first-order valence-corrected chi connectivity index (χ1v) is 7.97. The molecule has 1 saturated heterocycles. The summed E-state index contributed by atoms with van der Waals surface area (Å²) >= 11 is 0. The van der Waals surface area contributed by atoms with E-state index in [0.717, 1.165) is 12.1 Å². The van der Waals surface area contributed by atoms with Crippen LogP contribution in [0.1, 0.15) is 39.7 Å². The van der Waals surface area contributed by atoms with Crippen molar-refractivity contribution in [1.29, 1.82) is 0 Å². The molecule has 1 N–H and O–H groups in total. The molecule has 120 valence electrons. The Balaban J connectivity index is 1.99. The van der Waals surface area contributed by atoms with Gasteiger partial charge in [0, 0.05) is 25.2 Å². The molecule has 0 aromatic heterocycles. The molecule has 1 aromatic rings. The Morgan fingerprint density at radius 3 is 2.45 bits per heavy atom. The summed E-state index contributed by atoms with van der Waals surface area (Å²) in [6.07, 6.45) is 1.28. The van der Waals surface area contributed by atoms with Gasteiger partial charge < -0.3 is 10.2 Å². The van der Waals surface area contributed by atoms with Crippen LogP contribution >= 0.6 is 0 Å². The van der Waals surface area contributed by atoms with Crippen molar-refractivity contribution in [1.82, 2.24) is 5.32 Å². The molecule has 1 aliphatic heterocycles. The minimum atomic E-state index is -0.249. The number of hydrogen-bond acceptors (Lipinski definition) is 2. The molecule has 1 heterocycles. The molecule has 0 aliphatic carbocycles. The van der Waals surface area contributed by atoms with Crippen molar-refractivity contribution in [3.05, 3.63) is 29.8 Å². The Morgan fingerprint density at radius 1 is 1.27 bits per heavy atom. The van der Waals surface area contributed by atoms with Crippen LogP contribution in [-0.2, 0) is 16.0 Å². The van der Waals surface area contributed by atoms with Crippen LogP contribution in [-0.4, -0.2) is 24.9 Å². The van der Waals surface area contributed by atoms with E-state index in [4.69, 9.17) is 0 Å². The molecule has 4 nitrogen and oxygen atoms in total. The highest BCUT2D eigenvalue weighted by Gasteiger charge is 2.35. The lowest BCUT2D eigenvalue weighted by molar-refractivity contribution is -0.126. The number of amides is 2. The zero-order valence-corrected chi connectivity index (χ0v) is 14.0. The van der Waals surface area contributed by atoms with E-state index in [9.17, 15) is 9.59 Å². The third kappa shape index (κ3) is 4.09. The smallest absolute Gasteiger partial charge is 0.227 e. The topological polar surface area (TPSA) is 49.4 Å². The lowest BCUT2D eigenvalue weighted by atomic mass is 9.96. The minimum Gasteiger partial charge on any atom is -0.355 e. The predicted octanol–water partition coefficient (Wildman–Crippen LogP) is 2.76. The number of carbonyl (C=O) groups is 2. The molecule has 1 aliphatic rings. The van der Waals surface area contributed by atoms with Crippen LogP contribution in [0.2, 0.25) is 0 Å². The van der Waals surface area contributed by atoms with Crippen LogP contribution < -0.4 is 10.2 Å². The van der Waals surface area contributed by atoms with Crippen molar-refractivity contribution in [2.75, 3.05) is 18.0 Å². The van der Waals surface area contributed by atoms with Crippen molar-refractivity contribution >= 4 is 17.5 Å². The monoisotopic (exact) mass is 302 g/mol. The van der Waals surface area contributed by atoms with Gasteiger partial charge in [-0.15, -0.1) is 0 Å². The lowest BCUT2D eigenvalue weighted by Gasteiger charge is -2.20. The summed E-state index contributed by atoms with van der Waals surface area (Å²) in [5, 5.41) is 2.96. The van der Waals surface area contributed by atoms with Gasteiger partial charge in [0.05, 0.1) is 5.92 Å². The summed E-state index contributed by atoms with van der Waals surface area (Å²) in [7, 11) is 0. The van der Waals surface area contributed by atoms with Gasteiger partial charge in [-0.2, -0.15) is 0 Å². The highest BCUT2D eigenvalue weighted by molar-refractivity contribution is 6.00. The fourth-order valence-corrected chi connectivity index (χ4v) is 2.54. The van der Waals surface area contributed by atoms with Crippen LogP contribution in [0.4, 0.5) is 5.69 Å². The van der Waals surface area contributed by atoms with Crippen molar-refractivity contribution in [2.45, 2.75) is 40.5 Å². The largest absolute Gasteiger partial charge is 0.355 e. The van der Waals surface area contributed by atoms with Gasteiger partial charge in [-0.1, -0.05) is 39.8 Å². The number of benzene rings is 1. The number of nitrogens with zero attached hydrogens (tertiary/aromatic N) is 1. The van der Waals surface area contributed by atoms with Gasteiger partial charge >= 0.3 is 0 Å². The standard InChI is InChI=1S/C18H26N2O2/c1-5-13-6-8-15(9-7-13)20-11-14(10-16(20)21)17(22)19-12-18(2,3)4/h6-9,14H,5,10-12H2,1-4H3,(H,19,22). The molecule has 1 aromatic carbocycles. The average Bonchev–Trinajstić information content (AvgIpc) is 2.86. The molecule has 2 rings (SSSR count). The summed E-state index contributed by atoms with van der Waals surface area (Å²) < 4.78 is 0. The fourth-order valence-electron chi connectivity index (χ4n) is 2.54. The van der Waals surface area contributed by atoms with Crippen molar-refractivity contribution < 1.29 is 9.59 Å². The van der Waals surface area contributed by atoms with E-state index in [1.807, 2.05) is 24.3 Å². The molecule has 0 saturated carbocycles. The molecule has 4 heteroatoms. The zero-order chi connectivity index (χ0) is 16.3. The Labute approximate surface area is 132 Å². The van der Waals surface area contributed by atoms with Crippen molar-refractivity contribution in [2.24, 2.45) is 11.3 Å². The Morgan fingerprint density at radius 2 is 1.91 bits per heavy atom. The highest BCUT2D eigenvalue weighted by atomic mass is 16.2. The number of hydrogen-bond donors (Lipinski definition) is 1. The first kappa shape index (κ1) is 16.5. The van der Waals surface area contributed by atoms with Gasteiger partial charge in [0.15, 0.2) is 0 Å². The number of aryl methyl sites for hydroxylation is 1. The first-order valence-electron chi connectivity index (χ1n) is 7.97. The molecular formula is C18H26N2O2. The maximum absolute atomic E-state index is 12.2. The van der Waals surface area contributed by atoms with E-state index < -0.39 is 0 Å². The van der Waals surface area contributed by atoms with Crippen LogP contribution in [0, 0.1) is 11.3 Å². The van der Waals surface area contributed by atoms with E-state index in [-0.39, 0.29) is 23.1 Å². The third-order valence-corrected chi connectivity index (χ3v) is 3.95. The molecule has 0 bridgehead atoms. The van der Waals surface area contributed by atoms with Gasteiger partial charge in [0.2, 0.25) is 11.8 Å². The highest BCUT2D eigenvalue weighted by Crippen LogP contribution is 2.26. The van der Waals surface area contributed by atoms with Gasteiger partial charge in [-0.05, 0) is 29.5 Å². The zero-order valence-electron chi connectivity index (χ0n) is 14.0. The third-order valence-electron chi connectivity index (χ3n) is 3.95. The van der Waals surface area contributed by atoms with Crippen LogP contribution in [0.15, 0.2) is 24.3 Å².